The Morgan fingerprint density at radius 1 is 1.10 bits per heavy atom. The van der Waals surface area contributed by atoms with Crippen LogP contribution in [0, 0.1) is 28.6 Å². The van der Waals surface area contributed by atoms with Gasteiger partial charge in [0.25, 0.3) is 0 Å². The molecule has 8 nitrogen and oxygen atoms in total. The molecule has 1 fully saturated rings. The Morgan fingerprint density at radius 2 is 1.82 bits per heavy atom. The van der Waals surface area contributed by atoms with Crippen LogP contribution in [0.25, 0.3) is 11.0 Å². The Balaban J connectivity index is 1.67. The molecule has 2 aliphatic carbocycles. The van der Waals surface area contributed by atoms with E-state index in [1.807, 2.05) is 34.6 Å². The summed E-state index contributed by atoms with van der Waals surface area (Å²) in [6, 6.07) is 4.73. The lowest BCUT2D eigenvalue weighted by molar-refractivity contribution is -0.178. The molecule has 1 aromatic heterocycles. The molecule has 1 aromatic carbocycles. The van der Waals surface area contributed by atoms with Gasteiger partial charge in [-0.05, 0) is 49.3 Å². The zero-order valence-electron chi connectivity index (χ0n) is 24.2. The Labute approximate surface area is 229 Å². The van der Waals surface area contributed by atoms with Gasteiger partial charge in [-0.15, -0.1) is 0 Å². The van der Waals surface area contributed by atoms with Crippen molar-refractivity contribution >= 4 is 22.7 Å². The van der Waals surface area contributed by atoms with Crippen molar-refractivity contribution in [1.29, 1.82) is 0 Å². The van der Waals surface area contributed by atoms with E-state index in [2.05, 4.69) is 6.92 Å². The van der Waals surface area contributed by atoms with Gasteiger partial charge in [0, 0.05) is 35.1 Å². The lowest BCUT2D eigenvalue weighted by atomic mass is 9.47. The second-order valence-electron chi connectivity index (χ2n) is 12.1. The molecule has 0 spiro atoms. The summed E-state index contributed by atoms with van der Waals surface area (Å²) < 4.78 is 29.0. The first-order valence-electron chi connectivity index (χ1n) is 13.6. The van der Waals surface area contributed by atoms with Gasteiger partial charge in [-0.2, -0.15) is 0 Å². The molecule has 212 valence electrons. The summed E-state index contributed by atoms with van der Waals surface area (Å²) in [5, 5.41) is 0.647. The van der Waals surface area contributed by atoms with Crippen molar-refractivity contribution in [3.63, 3.8) is 0 Å². The predicted molar refractivity (Wildman–Crippen MR) is 147 cm³/mol. The third-order valence-corrected chi connectivity index (χ3v) is 8.63. The zero-order valence-corrected chi connectivity index (χ0v) is 24.2. The summed E-state index contributed by atoms with van der Waals surface area (Å²) in [5.41, 5.74) is -0.265. The van der Waals surface area contributed by atoms with Crippen LogP contribution in [0.1, 0.15) is 60.8 Å². The Morgan fingerprint density at radius 3 is 2.46 bits per heavy atom. The van der Waals surface area contributed by atoms with Gasteiger partial charge in [0.1, 0.15) is 6.10 Å². The summed E-state index contributed by atoms with van der Waals surface area (Å²) in [5.74, 6) is 0.651. The Kier molecular flexibility index (Phi) is 7.88. The number of carbonyl (C=O) groups is 2. The molecule has 2 aromatic rings. The first kappa shape index (κ1) is 28.7. The average Bonchev–Trinajstić information content (AvgIpc) is 2.84. The minimum Gasteiger partial charge on any atom is -0.493 e. The van der Waals surface area contributed by atoms with Crippen molar-refractivity contribution < 1.29 is 33.0 Å². The van der Waals surface area contributed by atoms with Crippen LogP contribution in [0.3, 0.4) is 0 Å². The third-order valence-electron chi connectivity index (χ3n) is 8.63. The van der Waals surface area contributed by atoms with E-state index < -0.39 is 16.5 Å². The topological polar surface area (TPSA) is 101 Å². The van der Waals surface area contributed by atoms with Crippen LogP contribution >= 0.6 is 0 Å². The van der Waals surface area contributed by atoms with Crippen LogP contribution in [0.4, 0.5) is 0 Å². The molecule has 0 unspecified atom stereocenters. The Hall–Kier alpha value is -3.29. The fourth-order valence-corrected chi connectivity index (χ4v) is 6.84. The van der Waals surface area contributed by atoms with E-state index in [0.29, 0.717) is 36.1 Å². The van der Waals surface area contributed by atoms with Crippen LogP contribution in [0.2, 0.25) is 0 Å². The number of ketones is 1. The van der Waals surface area contributed by atoms with E-state index >= 15 is 0 Å². The number of ether oxygens (including phenoxy) is 4. The van der Waals surface area contributed by atoms with Crippen molar-refractivity contribution in [2.24, 2.45) is 28.6 Å². The minimum absolute atomic E-state index is 0.0588. The van der Waals surface area contributed by atoms with Gasteiger partial charge in [0.15, 0.2) is 17.1 Å². The fraction of sp³-hybridized carbons (Fsp3) is 0.581. The summed E-state index contributed by atoms with van der Waals surface area (Å²) in [4.78, 5) is 38.0. The van der Waals surface area contributed by atoms with Crippen molar-refractivity contribution in [2.75, 3.05) is 20.8 Å². The number of hydrogen-bond acceptors (Lipinski definition) is 8. The van der Waals surface area contributed by atoms with E-state index in [1.54, 1.807) is 25.3 Å². The predicted octanol–water partition coefficient (Wildman–Crippen LogP) is 5.73. The second kappa shape index (κ2) is 10.7. The van der Waals surface area contributed by atoms with Crippen molar-refractivity contribution in [2.45, 2.75) is 66.9 Å². The van der Waals surface area contributed by atoms with E-state index in [9.17, 15) is 14.4 Å². The normalized spacial score (nSPS) is 26.1. The van der Waals surface area contributed by atoms with Crippen LogP contribution in [-0.2, 0) is 14.3 Å². The van der Waals surface area contributed by atoms with Gasteiger partial charge in [-0.25, -0.2) is 4.79 Å². The van der Waals surface area contributed by atoms with Crippen molar-refractivity contribution in [3.8, 4) is 17.2 Å². The summed E-state index contributed by atoms with van der Waals surface area (Å²) in [7, 11) is 3.03. The first-order chi connectivity index (χ1) is 18.3. The summed E-state index contributed by atoms with van der Waals surface area (Å²) in [6.45, 7) is 12.4. The maximum absolute atomic E-state index is 13.5. The molecule has 0 bridgehead atoms. The highest BCUT2D eigenvalue weighted by Crippen LogP contribution is 2.59. The number of carbonyl (C=O) groups excluding carboxylic acids is 2. The smallest absolute Gasteiger partial charge is 0.336 e. The van der Waals surface area contributed by atoms with Gasteiger partial charge in [-0.1, -0.05) is 40.2 Å². The number of rotatable bonds is 8. The second-order valence-corrected chi connectivity index (χ2v) is 12.1. The molecule has 0 N–H and O–H groups in total. The third kappa shape index (κ3) is 5.18. The molecule has 39 heavy (non-hydrogen) atoms. The largest absolute Gasteiger partial charge is 0.493 e. The maximum atomic E-state index is 13.5. The molecule has 0 amide bonds. The highest BCUT2D eigenvalue weighted by molar-refractivity contribution is 5.95. The quantitative estimate of drug-likeness (QED) is 0.309. The molecule has 2 aliphatic rings. The highest BCUT2D eigenvalue weighted by Gasteiger charge is 2.60. The number of hydrogen-bond donors (Lipinski definition) is 0. The SMILES string of the molecule is COc1cc2ccc(=O)oc2c(OC)c1OC[C@@H]1C(C)=CC(=O)[C@H]2C(C)(C)[C@H](OC(=O)CC(C)C)CC[C@]12C. The van der Waals surface area contributed by atoms with E-state index in [1.165, 1.54) is 13.2 Å². The van der Waals surface area contributed by atoms with Gasteiger partial charge in [0.2, 0.25) is 11.5 Å². The minimum atomic E-state index is -0.562. The zero-order chi connectivity index (χ0) is 28.7. The summed E-state index contributed by atoms with van der Waals surface area (Å²) >= 11 is 0. The van der Waals surface area contributed by atoms with Gasteiger partial charge in [0.05, 0.1) is 20.8 Å². The molecule has 0 aliphatic heterocycles. The molecular formula is C31H40O8. The average molecular weight is 541 g/mol. The van der Waals surface area contributed by atoms with Crippen LogP contribution in [0.15, 0.2) is 39.1 Å². The van der Waals surface area contributed by atoms with Gasteiger partial charge in [-0.3, -0.25) is 9.59 Å². The lowest BCUT2D eigenvalue weighted by Gasteiger charge is -2.57. The number of esters is 1. The maximum Gasteiger partial charge on any atom is 0.336 e. The molecule has 1 saturated carbocycles. The monoisotopic (exact) mass is 540 g/mol. The van der Waals surface area contributed by atoms with E-state index in [4.69, 9.17) is 23.4 Å². The molecule has 4 rings (SSSR count). The van der Waals surface area contributed by atoms with E-state index in [-0.39, 0.29) is 53.5 Å². The molecule has 0 radical (unpaired) electrons. The molecule has 4 atom stereocenters. The van der Waals surface area contributed by atoms with Crippen molar-refractivity contribution in [3.05, 3.63) is 40.3 Å². The fourth-order valence-electron chi connectivity index (χ4n) is 6.84. The van der Waals surface area contributed by atoms with Crippen molar-refractivity contribution in [1.82, 2.24) is 0 Å². The lowest BCUT2D eigenvalue weighted by Crippen LogP contribution is -2.59. The van der Waals surface area contributed by atoms with Crippen LogP contribution < -0.4 is 19.8 Å². The van der Waals surface area contributed by atoms with E-state index in [0.717, 1.165) is 5.57 Å². The number of fused-ring (bicyclic) bond motifs is 2. The molecular weight excluding hydrogens is 500 g/mol. The van der Waals surface area contributed by atoms with Gasteiger partial charge < -0.3 is 23.4 Å². The molecule has 0 saturated heterocycles. The molecule has 8 heteroatoms. The van der Waals surface area contributed by atoms with Gasteiger partial charge >= 0.3 is 11.6 Å². The Bertz CT molecular complexity index is 1350. The standard InChI is InChI=1S/C31H40O8/c1-17(2)13-25(34)38-23-11-12-31(6)20(18(3)14-21(32)29(31)30(23,4)5)16-37-27-22(35-7)15-19-9-10-24(33)39-26(19)28(27)36-8/h9-10,14-15,17,20,23,29H,11-13,16H2,1-8H3/t20-,23-,29+,31-/m1/s1. The first-order valence-corrected chi connectivity index (χ1v) is 13.6. The number of allylic oxidation sites excluding steroid dienone is 1. The summed E-state index contributed by atoms with van der Waals surface area (Å²) in [6.07, 6.45) is 3.09. The molecule has 1 heterocycles. The van der Waals surface area contributed by atoms with Crippen LogP contribution in [0.5, 0.6) is 17.2 Å². The highest BCUT2D eigenvalue weighted by atomic mass is 16.5. The number of benzene rings is 1. The number of methoxy groups -OCH3 is 2. The van der Waals surface area contributed by atoms with Crippen LogP contribution in [-0.4, -0.2) is 38.7 Å².